The second-order valence-electron chi connectivity index (χ2n) is 2.31. The number of nitrogens with zero attached hydrogens (tertiary/aromatic N) is 2. The van der Waals surface area contributed by atoms with Gasteiger partial charge >= 0.3 is 0 Å². The Morgan fingerprint density at radius 2 is 1.83 bits per heavy atom. The largest absolute Gasteiger partial charge is 0.306 e. The van der Waals surface area contributed by atoms with Crippen molar-refractivity contribution in [3.05, 3.63) is 49.1 Å². The molecule has 1 aromatic heterocycles. The second-order valence-corrected chi connectivity index (χ2v) is 2.31. The Bertz CT molecular complexity index is 316. The number of benzene rings is 1. The Kier molecular flexibility index (Phi) is 3.63. The number of hydrogen-bond acceptors (Lipinski definition) is 1. The first-order valence-electron chi connectivity index (χ1n) is 3.50. The Morgan fingerprint density at radius 1 is 1.08 bits per heavy atom. The van der Waals surface area contributed by atoms with Gasteiger partial charge in [-0.1, -0.05) is 18.2 Å². The first-order valence-corrected chi connectivity index (χ1v) is 3.50. The Labute approximate surface area is 96.5 Å². The Hall–Kier alpha value is -0.466. The summed E-state index contributed by atoms with van der Waals surface area (Å²) in [7, 11) is 0. The van der Waals surface area contributed by atoms with E-state index in [9.17, 15) is 0 Å². The maximum atomic E-state index is 3.96. The van der Waals surface area contributed by atoms with Crippen molar-refractivity contribution in [2.45, 2.75) is 0 Å². The average Bonchev–Trinajstić information content (AvgIpc) is 2.58. The minimum Gasteiger partial charge on any atom is -0.306 e. The van der Waals surface area contributed by atoms with Crippen molar-refractivity contribution in [2.24, 2.45) is 0 Å². The van der Waals surface area contributed by atoms with Crippen LogP contribution in [0.15, 0.2) is 49.1 Å². The molecule has 0 bridgehead atoms. The molecule has 0 unspecified atom stereocenters. The van der Waals surface area contributed by atoms with Crippen LogP contribution in [0.5, 0.6) is 0 Å². The minimum atomic E-state index is 0. The Morgan fingerprint density at radius 3 is 2.42 bits per heavy atom. The molecule has 57 valence electrons. The second kappa shape index (κ2) is 4.53. The van der Waals surface area contributed by atoms with Gasteiger partial charge in [-0.3, -0.25) is 0 Å². The molecular formula is C9H8N2Y. The van der Waals surface area contributed by atoms with Crippen LogP contribution in [0.3, 0.4) is 0 Å². The molecule has 0 aliphatic carbocycles. The molecule has 0 atom stereocenters. The fraction of sp³-hybridized carbons (Fsp3) is 0. The van der Waals surface area contributed by atoms with E-state index in [0.717, 1.165) is 5.69 Å². The van der Waals surface area contributed by atoms with E-state index in [2.05, 4.69) is 4.98 Å². The summed E-state index contributed by atoms with van der Waals surface area (Å²) in [5, 5.41) is 0. The quantitative estimate of drug-likeness (QED) is 0.735. The van der Waals surface area contributed by atoms with Gasteiger partial charge in [0.1, 0.15) is 0 Å². The van der Waals surface area contributed by atoms with Crippen LogP contribution >= 0.6 is 0 Å². The predicted octanol–water partition coefficient (Wildman–Crippen LogP) is 1.87. The summed E-state index contributed by atoms with van der Waals surface area (Å²) in [4.78, 5) is 3.96. The zero-order chi connectivity index (χ0) is 7.52. The molecule has 2 aromatic rings. The molecule has 1 heterocycles. The van der Waals surface area contributed by atoms with Crippen LogP contribution in [0.25, 0.3) is 5.69 Å². The van der Waals surface area contributed by atoms with Gasteiger partial charge in [0.15, 0.2) is 0 Å². The van der Waals surface area contributed by atoms with Crippen LogP contribution in [-0.4, -0.2) is 9.55 Å². The fourth-order valence-electron chi connectivity index (χ4n) is 1.01. The molecule has 0 spiro atoms. The monoisotopic (exact) mass is 233 g/mol. The van der Waals surface area contributed by atoms with Gasteiger partial charge in [-0.05, 0) is 12.1 Å². The molecular weight excluding hydrogens is 225 g/mol. The topological polar surface area (TPSA) is 17.8 Å². The maximum Gasteiger partial charge on any atom is 0.0991 e. The van der Waals surface area contributed by atoms with Crippen molar-refractivity contribution >= 4 is 0 Å². The van der Waals surface area contributed by atoms with E-state index in [0.29, 0.717) is 0 Å². The summed E-state index contributed by atoms with van der Waals surface area (Å²) >= 11 is 0. The first-order chi connectivity index (χ1) is 5.47. The third-order valence-corrected chi connectivity index (χ3v) is 1.56. The smallest absolute Gasteiger partial charge is 0.0991 e. The van der Waals surface area contributed by atoms with Gasteiger partial charge < -0.3 is 4.57 Å². The third-order valence-electron chi connectivity index (χ3n) is 1.56. The van der Waals surface area contributed by atoms with Gasteiger partial charge in [-0.25, -0.2) is 4.98 Å². The fourth-order valence-corrected chi connectivity index (χ4v) is 1.01. The van der Waals surface area contributed by atoms with Crippen molar-refractivity contribution < 1.29 is 32.7 Å². The van der Waals surface area contributed by atoms with Gasteiger partial charge in [0.2, 0.25) is 0 Å². The average molecular weight is 233 g/mol. The van der Waals surface area contributed by atoms with E-state index in [1.54, 1.807) is 12.5 Å². The van der Waals surface area contributed by atoms with Gasteiger partial charge in [0.25, 0.3) is 0 Å². The Balaban J connectivity index is 0.000000720. The van der Waals surface area contributed by atoms with Crippen LogP contribution in [0.4, 0.5) is 0 Å². The number of hydrogen-bond donors (Lipinski definition) is 0. The molecule has 0 aliphatic rings. The SMILES string of the molecule is [Y].c1ccc(-n2ccnc2)cc1. The van der Waals surface area contributed by atoms with E-state index >= 15 is 0 Å². The summed E-state index contributed by atoms with van der Waals surface area (Å²) < 4.78 is 1.97. The zero-order valence-corrected chi connectivity index (χ0v) is 9.43. The molecule has 1 aromatic carbocycles. The molecule has 2 rings (SSSR count). The van der Waals surface area contributed by atoms with Gasteiger partial charge in [0.05, 0.1) is 6.33 Å². The molecule has 1 radical (unpaired) electrons. The summed E-state index contributed by atoms with van der Waals surface area (Å²) in [6.07, 6.45) is 5.48. The van der Waals surface area contributed by atoms with Crippen molar-refractivity contribution in [1.29, 1.82) is 0 Å². The number of imidazole rings is 1. The maximum absolute atomic E-state index is 3.96. The summed E-state index contributed by atoms with van der Waals surface area (Å²) in [5.74, 6) is 0. The first kappa shape index (κ1) is 9.62. The number of rotatable bonds is 1. The molecule has 2 nitrogen and oxygen atoms in total. The molecule has 0 N–H and O–H groups in total. The molecule has 0 amide bonds. The van der Waals surface area contributed by atoms with Gasteiger partial charge in [-0.2, -0.15) is 0 Å². The summed E-state index contributed by atoms with van der Waals surface area (Å²) in [6, 6.07) is 10.1. The third kappa shape index (κ3) is 2.02. The van der Waals surface area contributed by atoms with E-state index in [4.69, 9.17) is 0 Å². The van der Waals surface area contributed by atoms with Crippen molar-refractivity contribution in [3.63, 3.8) is 0 Å². The van der Waals surface area contributed by atoms with Crippen LogP contribution in [0, 0.1) is 0 Å². The van der Waals surface area contributed by atoms with Crippen LogP contribution in [0.2, 0.25) is 0 Å². The van der Waals surface area contributed by atoms with E-state index in [1.165, 1.54) is 0 Å². The van der Waals surface area contributed by atoms with Crippen LogP contribution in [0.1, 0.15) is 0 Å². The molecule has 12 heavy (non-hydrogen) atoms. The minimum absolute atomic E-state index is 0. The van der Waals surface area contributed by atoms with E-state index < -0.39 is 0 Å². The zero-order valence-electron chi connectivity index (χ0n) is 6.59. The van der Waals surface area contributed by atoms with Crippen molar-refractivity contribution in [1.82, 2.24) is 9.55 Å². The molecule has 0 aliphatic heterocycles. The van der Waals surface area contributed by atoms with Crippen molar-refractivity contribution in [2.75, 3.05) is 0 Å². The number of aromatic nitrogens is 2. The molecule has 3 heteroatoms. The molecule has 0 saturated heterocycles. The van der Waals surface area contributed by atoms with E-state index in [1.807, 2.05) is 41.1 Å². The van der Waals surface area contributed by atoms with Crippen molar-refractivity contribution in [3.8, 4) is 5.69 Å². The van der Waals surface area contributed by atoms with E-state index in [-0.39, 0.29) is 32.7 Å². The summed E-state index contributed by atoms with van der Waals surface area (Å²) in [6.45, 7) is 0. The van der Waals surface area contributed by atoms with Gasteiger partial charge in [-0.15, -0.1) is 0 Å². The van der Waals surface area contributed by atoms with Gasteiger partial charge in [0, 0.05) is 50.8 Å². The van der Waals surface area contributed by atoms with Crippen LogP contribution < -0.4 is 0 Å². The molecule has 0 fully saturated rings. The van der Waals surface area contributed by atoms with Crippen LogP contribution in [-0.2, 0) is 32.7 Å². The normalized spacial score (nSPS) is 9.00. The number of para-hydroxylation sites is 1. The predicted molar refractivity (Wildman–Crippen MR) is 43.6 cm³/mol. The molecule has 0 saturated carbocycles. The summed E-state index contributed by atoms with van der Waals surface area (Å²) in [5.41, 5.74) is 1.14. The standard InChI is InChI=1S/C9H8N2.Y/c1-2-4-9(5-3-1)11-7-6-10-8-11;/h1-8H;.